The van der Waals surface area contributed by atoms with Crippen LogP contribution in [0.2, 0.25) is 0 Å². The summed E-state index contributed by atoms with van der Waals surface area (Å²) in [5.41, 5.74) is 11.4. The van der Waals surface area contributed by atoms with E-state index in [1.165, 1.54) is 13.2 Å². The summed E-state index contributed by atoms with van der Waals surface area (Å²) in [6, 6.07) is 14.6. The molecule has 27 nitrogen and oxygen atoms in total. The lowest BCUT2D eigenvalue weighted by Gasteiger charge is -2.63. The number of guanidine groups is 1. The number of aromatic hydroxyl groups is 2. The summed E-state index contributed by atoms with van der Waals surface area (Å²) in [5.74, 6) is -8.08. The minimum Gasteiger partial charge on any atom is -0.496 e. The number of aliphatic imine (C=N–C) groups is 1. The fourth-order valence-electron chi connectivity index (χ4n) is 17.1. The van der Waals surface area contributed by atoms with Crippen LogP contribution in [0.3, 0.4) is 0 Å². The third-order valence-corrected chi connectivity index (χ3v) is 22.7. The fraction of sp³-hybridized carbons (Fsp3) is 0.507. The highest BCUT2D eigenvalue weighted by atomic mass is 32.2. The van der Waals surface area contributed by atoms with Gasteiger partial charge in [-0.3, -0.25) is 43.3 Å². The maximum absolute atomic E-state index is 15.6. The number of nitrogens with zero attached hydrogens (tertiary/aromatic N) is 6. The second-order valence-corrected chi connectivity index (χ2v) is 28.1. The molecule has 520 valence electrons. The number of thioether (sulfide) groups is 1. The van der Waals surface area contributed by atoms with Gasteiger partial charge in [-0.1, -0.05) is 63.3 Å². The van der Waals surface area contributed by atoms with Gasteiger partial charge < -0.3 is 77.2 Å². The number of para-hydroxylation sites is 1. The number of piperidine rings is 1. The number of hydrogen-bond acceptors (Lipinski definition) is 19. The SMILES string of the molecule is CC[C@]1(O)C[C@H]2CN(CCc3c([nH]c4ccccc34)[C@@](C(=O)OC)(c3cc4c(cc3OC)N(C)[C@H]3[C@@](O)(C(=O)NN=C(C)c5ccc(-n6c(O)cc(SC[C@H](NC(=O)[C@H](CC(=O)O)NC(=O)[C@@H](C)CCCN=C(N)N)C(=O)O)c6O)cc5)[C@H](O)[C@]5(CC)C=CCN6CC[C@]43[C@@H]65)C2)C1. The quantitative estimate of drug-likeness (QED) is 0.00848. The molecule has 28 heteroatoms. The number of anilines is 1. The van der Waals surface area contributed by atoms with Gasteiger partial charge in [0.15, 0.2) is 17.4 Å². The highest BCUT2D eigenvalue weighted by Crippen LogP contribution is 2.68. The van der Waals surface area contributed by atoms with Gasteiger partial charge in [0.25, 0.3) is 5.91 Å². The van der Waals surface area contributed by atoms with Crippen molar-refractivity contribution in [3.8, 4) is 23.2 Å². The molecular weight excluding hydrogens is 1270 g/mol. The number of aromatic nitrogens is 2. The molecule has 6 aliphatic rings. The molecule has 2 aromatic heterocycles. The van der Waals surface area contributed by atoms with Crippen molar-refractivity contribution in [3.05, 3.63) is 107 Å². The standard InChI is InChI=1S/C69H88N12O15S/c1-8-65(93)32-39-33-68(63(92)96-7,54-43(21-26-79(34-39)36-65)42-15-10-11-16-46(42)73-54)45-28-44-49(30-50(45)95-6)78(5)60-67(44)23-27-80-25-13-22-66(9-2,59(67)80)61(90)69(60,94)62(91)77-76-38(4)40-17-19-41(20-18-40)81-52(82)31-51(57(81)87)97-35-48(58(88)89)75-56(86)47(29-53(83)84)74-55(85)37(3)14-12-24-72-64(70)71/h10-11,13,15-20,22,28,30-31,37,39,47-48,59-61,73,82,87,90,93-94H,8-9,12,14,21,23-27,29,32-36H2,1-7H3,(H,74,85)(H,75,86)(H,77,91)(H,83,84)(H,88,89)(H4,70,71,72)/t37-,39+,47-,48-,59-,60+,61+,65-,66+,67+,68-,69-/m0/s1. The zero-order valence-electron chi connectivity index (χ0n) is 55.5. The Morgan fingerprint density at radius 2 is 1.64 bits per heavy atom. The molecule has 13 atom stereocenters. The number of methoxy groups -OCH3 is 2. The van der Waals surface area contributed by atoms with Gasteiger partial charge in [-0.2, -0.15) is 5.10 Å². The number of rotatable bonds is 23. The van der Waals surface area contributed by atoms with Crippen LogP contribution in [-0.4, -0.2) is 210 Å². The van der Waals surface area contributed by atoms with Crippen LogP contribution < -0.4 is 37.2 Å². The Bertz CT molecular complexity index is 4000. The zero-order valence-corrected chi connectivity index (χ0v) is 56.3. The normalized spacial score (nSPS) is 28.1. The van der Waals surface area contributed by atoms with Gasteiger partial charge in [0, 0.05) is 108 Å². The van der Waals surface area contributed by atoms with E-state index in [1.54, 1.807) is 52.3 Å². The highest BCUT2D eigenvalue weighted by Gasteiger charge is 2.79. The molecule has 2 saturated heterocycles. The lowest BCUT2D eigenvalue weighted by molar-refractivity contribution is -0.203. The van der Waals surface area contributed by atoms with E-state index >= 15 is 9.59 Å². The van der Waals surface area contributed by atoms with Crippen LogP contribution in [0.15, 0.2) is 93.9 Å². The summed E-state index contributed by atoms with van der Waals surface area (Å²) < 4.78 is 13.5. The Labute approximate surface area is 565 Å². The van der Waals surface area contributed by atoms with Crippen molar-refractivity contribution in [1.29, 1.82) is 0 Å². The average molecular weight is 1360 g/mol. The van der Waals surface area contributed by atoms with Gasteiger partial charge in [0.2, 0.25) is 17.7 Å². The number of esters is 1. The number of carboxylic acids is 2. The van der Waals surface area contributed by atoms with Gasteiger partial charge >= 0.3 is 17.9 Å². The number of aliphatic hydroxyl groups excluding tert-OH is 1. The second-order valence-electron chi connectivity index (χ2n) is 27.1. The number of H-pyrrole nitrogens is 1. The molecule has 5 aromatic rings. The first kappa shape index (κ1) is 69.7. The summed E-state index contributed by atoms with van der Waals surface area (Å²) in [5, 5.41) is 91.6. The number of nitrogens with two attached hydrogens (primary N) is 2. The summed E-state index contributed by atoms with van der Waals surface area (Å²) in [7, 11) is 4.76. The number of amides is 3. The molecule has 11 rings (SSSR count). The Balaban J connectivity index is 0.877. The van der Waals surface area contributed by atoms with E-state index < -0.39 is 123 Å². The van der Waals surface area contributed by atoms with Crippen LogP contribution in [0.25, 0.3) is 16.6 Å². The fourth-order valence-corrected chi connectivity index (χ4v) is 18.0. The minimum absolute atomic E-state index is 0.0178. The number of aliphatic hydroxyl groups is 3. The van der Waals surface area contributed by atoms with Crippen LogP contribution >= 0.6 is 11.8 Å². The topological polar surface area (TPSA) is 406 Å². The maximum atomic E-state index is 15.6. The minimum atomic E-state index is -2.57. The number of hydrogen-bond donors (Lipinski definition) is 13. The van der Waals surface area contributed by atoms with Crippen LogP contribution in [0.5, 0.6) is 17.5 Å². The summed E-state index contributed by atoms with van der Waals surface area (Å²) in [6.07, 6.45) is 4.69. The first-order chi connectivity index (χ1) is 46.2. The molecule has 5 aliphatic heterocycles. The van der Waals surface area contributed by atoms with Crippen LogP contribution in [0, 0.1) is 17.3 Å². The number of carbonyl (C=O) groups excluding carboxylic acids is 4. The number of aliphatic carboxylic acids is 2. The number of hydrazone groups is 1. The molecule has 0 radical (unpaired) electrons. The van der Waals surface area contributed by atoms with Crippen molar-refractivity contribution >= 4 is 75.7 Å². The number of carboxylic acid groups (broad SMARTS) is 2. The molecule has 2 bridgehead atoms. The van der Waals surface area contributed by atoms with E-state index in [9.17, 15) is 54.9 Å². The Morgan fingerprint density at radius 1 is 0.907 bits per heavy atom. The average Bonchev–Trinajstić information content (AvgIpc) is 1.50. The predicted molar refractivity (Wildman–Crippen MR) is 362 cm³/mol. The molecule has 1 unspecified atom stereocenters. The smallest absolute Gasteiger partial charge is 0.327 e. The molecule has 97 heavy (non-hydrogen) atoms. The van der Waals surface area contributed by atoms with Crippen molar-refractivity contribution in [1.82, 2.24) is 35.4 Å². The van der Waals surface area contributed by atoms with Gasteiger partial charge in [-0.15, -0.1) is 11.8 Å². The molecule has 3 fully saturated rings. The van der Waals surface area contributed by atoms with Crippen molar-refractivity contribution in [3.63, 3.8) is 0 Å². The number of carbonyl (C=O) groups is 6. The molecule has 1 saturated carbocycles. The van der Waals surface area contributed by atoms with E-state index in [0.717, 1.165) is 38.4 Å². The molecule has 15 N–H and O–H groups in total. The number of benzene rings is 3. The highest BCUT2D eigenvalue weighted by molar-refractivity contribution is 7.99. The van der Waals surface area contributed by atoms with E-state index in [-0.39, 0.29) is 41.1 Å². The van der Waals surface area contributed by atoms with Gasteiger partial charge in [0.05, 0.1) is 48.6 Å². The van der Waals surface area contributed by atoms with E-state index in [2.05, 4.69) is 47.0 Å². The number of likely N-dealkylation sites (N-methyl/N-ethyl adjacent to an activating group) is 1. The van der Waals surface area contributed by atoms with Gasteiger partial charge in [-0.25, -0.2) is 10.2 Å². The lowest BCUT2D eigenvalue weighted by atomic mass is 9.47. The molecule has 3 aromatic carbocycles. The Morgan fingerprint density at radius 3 is 2.32 bits per heavy atom. The Hall–Kier alpha value is -8.67. The van der Waals surface area contributed by atoms with E-state index in [0.29, 0.717) is 106 Å². The number of fused-ring (bicyclic) bond motifs is 6. The van der Waals surface area contributed by atoms with Crippen LogP contribution in [-0.2, 0) is 50.8 Å². The van der Waals surface area contributed by atoms with Crippen molar-refractivity contribution < 1.29 is 74.0 Å². The van der Waals surface area contributed by atoms with Crippen LogP contribution in [0.4, 0.5) is 5.69 Å². The Kier molecular flexibility index (Phi) is 19.4. The monoisotopic (exact) mass is 1360 g/mol. The molecular formula is C69H88N12O15S. The third kappa shape index (κ3) is 12.0. The summed E-state index contributed by atoms with van der Waals surface area (Å²) >= 11 is 0.770. The number of nitrogens with one attached hydrogen (secondary N) is 4. The molecule has 3 amide bonds. The van der Waals surface area contributed by atoms with E-state index in [1.807, 2.05) is 61.2 Å². The predicted octanol–water partition coefficient (Wildman–Crippen LogP) is 3.30. The largest absolute Gasteiger partial charge is 0.496 e. The lowest BCUT2D eigenvalue weighted by Crippen LogP contribution is -2.81. The molecule has 7 heterocycles. The van der Waals surface area contributed by atoms with Gasteiger partial charge in [-0.05, 0) is 112 Å². The molecule has 1 spiro atoms. The summed E-state index contributed by atoms with van der Waals surface area (Å²) in [4.78, 5) is 95.9. The van der Waals surface area contributed by atoms with Crippen molar-refractivity contribution in [2.45, 2.75) is 143 Å². The second kappa shape index (κ2) is 27.0. The van der Waals surface area contributed by atoms with Gasteiger partial charge in [0.1, 0.15) is 29.4 Å². The molecule has 1 aliphatic carbocycles. The zero-order chi connectivity index (χ0) is 69.8. The first-order valence-corrected chi connectivity index (χ1v) is 33.9. The van der Waals surface area contributed by atoms with E-state index in [4.69, 9.17) is 20.9 Å². The third-order valence-electron chi connectivity index (χ3n) is 21.6. The number of aromatic amines is 1. The summed E-state index contributed by atoms with van der Waals surface area (Å²) in [6.45, 7) is 10.3. The van der Waals surface area contributed by atoms with Crippen molar-refractivity contribution in [2.24, 2.45) is 38.8 Å². The first-order valence-electron chi connectivity index (χ1n) is 32.9. The van der Waals surface area contributed by atoms with Crippen LogP contribution in [0.1, 0.15) is 107 Å². The van der Waals surface area contributed by atoms with Crippen molar-refractivity contribution in [2.75, 3.05) is 71.2 Å². The number of ether oxygens (including phenoxy) is 2. The maximum Gasteiger partial charge on any atom is 0.327 e.